The van der Waals surface area contributed by atoms with Crippen LogP contribution in [0.2, 0.25) is 0 Å². The zero-order valence-corrected chi connectivity index (χ0v) is 9.77. The first-order valence-electron chi connectivity index (χ1n) is 6.63. The van der Waals surface area contributed by atoms with Crippen LogP contribution in [-0.2, 0) is 4.74 Å². The van der Waals surface area contributed by atoms with Crippen LogP contribution in [0.5, 0.6) is 0 Å². The van der Waals surface area contributed by atoms with Gasteiger partial charge in [0.05, 0.1) is 18.3 Å². The number of ether oxygens (including phenoxy) is 1. The molecule has 0 aliphatic carbocycles. The Hall–Kier alpha value is -0.590. The molecule has 3 nitrogen and oxygen atoms in total. The molecule has 16 heavy (non-hydrogen) atoms. The van der Waals surface area contributed by atoms with Gasteiger partial charge in [0.2, 0.25) is 0 Å². The Morgan fingerprint density at radius 1 is 1.12 bits per heavy atom. The molecule has 0 N–H and O–H groups in total. The van der Waals surface area contributed by atoms with Crippen LogP contribution in [0.25, 0.3) is 0 Å². The first-order valence-corrected chi connectivity index (χ1v) is 6.63. The van der Waals surface area contributed by atoms with Crippen molar-refractivity contribution in [2.75, 3.05) is 19.6 Å². The van der Waals surface area contributed by atoms with E-state index in [1.54, 1.807) is 0 Å². The zero-order valence-electron chi connectivity index (χ0n) is 9.77. The second-order valence-corrected chi connectivity index (χ2v) is 5.49. The Bertz CT molecular complexity index is 281. The van der Waals surface area contributed by atoms with Gasteiger partial charge in [0.1, 0.15) is 0 Å². The van der Waals surface area contributed by atoms with E-state index in [0.717, 1.165) is 24.7 Å². The molecule has 3 saturated heterocycles. The fourth-order valence-electron chi connectivity index (χ4n) is 3.77. The maximum Gasteiger partial charge on any atom is 0.0624 e. The molecule has 3 aliphatic rings. The van der Waals surface area contributed by atoms with Crippen LogP contribution in [-0.4, -0.2) is 36.7 Å². The standard InChI is InChI=1S/C13H20N2O/c14-6-2-1-3-7-15-8-10-11(9-15)13-5-4-12(10)16-13/h10-13H,1-5,7-9H2/t10-,11-,12-,13+/m0/s1. The van der Waals surface area contributed by atoms with Gasteiger partial charge in [-0.15, -0.1) is 0 Å². The van der Waals surface area contributed by atoms with Gasteiger partial charge in [-0.3, -0.25) is 0 Å². The number of hydrogen-bond donors (Lipinski definition) is 0. The Morgan fingerprint density at radius 2 is 1.81 bits per heavy atom. The molecule has 0 saturated carbocycles. The van der Waals surface area contributed by atoms with Crippen molar-refractivity contribution in [1.82, 2.24) is 4.90 Å². The highest BCUT2D eigenvalue weighted by Gasteiger charge is 2.52. The van der Waals surface area contributed by atoms with Crippen LogP contribution in [0.1, 0.15) is 32.1 Å². The summed E-state index contributed by atoms with van der Waals surface area (Å²) in [6.45, 7) is 3.69. The summed E-state index contributed by atoms with van der Waals surface area (Å²) in [6.07, 6.45) is 6.73. The van der Waals surface area contributed by atoms with Gasteiger partial charge < -0.3 is 9.64 Å². The third-order valence-corrected chi connectivity index (χ3v) is 4.54. The highest BCUT2D eigenvalue weighted by Crippen LogP contribution is 2.47. The maximum atomic E-state index is 8.49. The highest BCUT2D eigenvalue weighted by atomic mass is 16.5. The normalized spacial score (nSPS) is 41.2. The van der Waals surface area contributed by atoms with Crippen LogP contribution >= 0.6 is 0 Å². The fraction of sp³-hybridized carbons (Fsp3) is 0.923. The largest absolute Gasteiger partial charge is 0.374 e. The Morgan fingerprint density at radius 3 is 2.44 bits per heavy atom. The fourth-order valence-corrected chi connectivity index (χ4v) is 3.77. The highest BCUT2D eigenvalue weighted by molar-refractivity contribution is 5.02. The number of unbranched alkanes of at least 4 members (excludes halogenated alkanes) is 2. The molecular weight excluding hydrogens is 200 g/mol. The van der Waals surface area contributed by atoms with Crippen molar-refractivity contribution in [3.8, 4) is 6.07 Å². The Kier molecular flexibility index (Phi) is 2.87. The van der Waals surface area contributed by atoms with Gasteiger partial charge in [0.25, 0.3) is 0 Å². The summed E-state index contributed by atoms with van der Waals surface area (Å²) in [5.74, 6) is 1.66. The summed E-state index contributed by atoms with van der Waals surface area (Å²) in [4.78, 5) is 2.60. The number of fused-ring (bicyclic) bond motifs is 5. The topological polar surface area (TPSA) is 36.3 Å². The van der Waals surface area contributed by atoms with E-state index in [0.29, 0.717) is 12.2 Å². The maximum absolute atomic E-state index is 8.49. The Balaban J connectivity index is 1.46. The van der Waals surface area contributed by atoms with Crippen molar-refractivity contribution >= 4 is 0 Å². The molecule has 4 atom stereocenters. The van der Waals surface area contributed by atoms with Gasteiger partial charge >= 0.3 is 0 Å². The van der Waals surface area contributed by atoms with E-state index in [-0.39, 0.29) is 0 Å². The average Bonchev–Trinajstić information content (AvgIpc) is 2.95. The van der Waals surface area contributed by atoms with Gasteiger partial charge in [-0.05, 0) is 32.2 Å². The van der Waals surface area contributed by atoms with Crippen LogP contribution < -0.4 is 0 Å². The van der Waals surface area contributed by atoms with Crippen molar-refractivity contribution in [1.29, 1.82) is 5.26 Å². The lowest BCUT2D eigenvalue weighted by Gasteiger charge is -2.18. The number of nitriles is 1. The third-order valence-electron chi connectivity index (χ3n) is 4.54. The summed E-state index contributed by atoms with van der Waals surface area (Å²) in [6, 6.07) is 2.22. The summed E-state index contributed by atoms with van der Waals surface area (Å²) >= 11 is 0. The lowest BCUT2D eigenvalue weighted by molar-refractivity contribution is 0.0704. The van der Waals surface area contributed by atoms with E-state index in [1.165, 1.54) is 38.9 Å². The minimum Gasteiger partial charge on any atom is -0.374 e. The van der Waals surface area contributed by atoms with Gasteiger partial charge in [0, 0.05) is 31.3 Å². The smallest absolute Gasteiger partial charge is 0.0624 e. The van der Waals surface area contributed by atoms with E-state index < -0.39 is 0 Å². The molecule has 3 aliphatic heterocycles. The van der Waals surface area contributed by atoms with Gasteiger partial charge in [0.15, 0.2) is 0 Å². The lowest BCUT2D eigenvalue weighted by atomic mass is 9.82. The van der Waals surface area contributed by atoms with E-state index in [1.807, 2.05) is 0 Å². The molecular formula is C13H20N2O. The molecule has 3 heterocycles. The second-order valence-electron chi connectivity index (χ2n) is 5.49. The monoisotopic (exact) mass is 220 g/mol. The van der Waals surface area contributed by atoms with E-state index in [9.17, 15) is 0 Å². The molecule has 0 radical (unpaired) electrons. The van der Waals surface area contributed by atoms with Crippen molar-refractivity contribution in [3.05, 3.63) is 0 Å². The van der Waals surface area contributed by atoms with Crippen molar-refractivity contribution < 1.29 is 4.74 Å². The van der Waals surface area contributed by atoms with Crippen LogP contribution in [0.4, 0.5) is 0 Å². The van der Waals surface area contributed by atoms with Crippen LogP contribution in [0, 0.1) is 23.2 Å². The second kappa shape index (κ2) is 4.35. The van der Waals surface area contributed by atoms with E-state index in [2.05, 4.69) is 11.0 Å². The number of hydrogen-bond acceptors (Lipinski definition) is 3. The van der Waals surface area contributed by atoms with Gasteiger partial charge in [-0.1, -0.05) is 0 Å². The van der Waals surface area contributed by atoms with Crippen LogP contribution in [0.3, 0.4) is 0 Å². The molecule has 88 valence electrons. The predicted octanol–water partition coefficient (Wildman–Crippen LogP) is 1.79. The summed E-state index contributed by atoms with van der Waals surface area (Å²) in [5, 5.41) is 8.49. The number of likely N-dealkylation sites (tertiary alicyclic amines) is 1. The molecule has 0 amide bonds. The van der Waals surface area contributed by atoms with Crippen molar-refractivity contribution in [2.24, 2.45) is 11.8 Å². The third kappa shape index (κ3) is 1.74. The minimum atomic E-state index is 0.583. The molecule has 0 unspecified atom stereocenters. The van der Waals surface area contributed by atoms with E-state index >= 15 is 0 Å². The quantitative estimate of drug-likeness (QED) is 0.678. The lowest BCUT2D eigenvalue weighted by Crippen LogP contribution is -2.25. The van der Waals surface area contributed by atoms with E-state index in [4.69, 9.17) is 10.00 Å². The molecule has 3 fully saturated rings. The molecule has 0 aromatic heterocycles. The van der Waals surface area contributed by atoms with Gasteiger partial charge in [-0.2, -0.15) is 5.26 Å². The zero-order chi connectivity index (χ0) is 11.0. The summed E-state index contributed by atoms with van der Waals surface area (Å²) in [7, 11) is 0. The molecule has 0 aromatic carbocycles. The first kappa shape index (κ1) is 10.6. The molecule has 0 spiro atoms. The molecule has 2 bridgehead atoms. The number of rotatable bonds is 4. The SMILES string of the molecule is N#CCCCCN1C[C@H]2[C@H](C1)[C@H]1CC[C@@H]2O1. The van der Waals surface area contributed by atoms with Gasteiger partial charge in [-0.25, -0.2) is 0 Å². The molecule has 0 aromatic rings. The Labute approximate surface area is 97.4 Å². The molecule has 3 rings (SSSR count). The number of nitrogens with zero attached hydrogens (tertiary/aromatic N) is 2. The van der Waals surface area contributed by atoms with Crippen molar-refractivity contribution in [3.63, 3.8) is 0 Å². The van der Waals surface area contributed by atoms with Crippen LogP contribution in [0.15, 0.2) is 0 Å². The summed E-state index contributed by atoms with van der Waals surface area (Å²) < 4.78 is 5.96. The minimum absolute atomic E-state index is 0.583. The summed E-state index contributed by atoms with van der Waals surface area (Å²) in [5.41, 5.74) is 0. The molecule has 3 heteroatoms. The van der Waals surface area contributed by atoms with Crippen molar-refractivity contribution in [2.45, 2.75) is 44.3 Å². The predicted molar refractivity (Wildman–Crippen MR) is 60.8 cm³/mol. The average molecular weight is 220 g/mol. The first-order chi connectivity index (χ1) is 7.88.